The van der Waals surface area contributed by atoms with Crippen LogP contribution in [0.1, 0.15) is 32.3 Å². The third-order valence-electron chi connectivity index (χ3n) is 3.05. The molecule has 112 valence electrons. The molecule has 0 atom stereocenters. The van der Waals surface area contributed by atoms with Gasteiger partial charge in [-0.25, -0.2) is 0 Å². The molecule has 0 heterocycles. The number of benzene rings is 1. The fourth-order valence-corrected chi connectivity index (χ4v) is 2.05. The lowest BCUT2D eigenvalue weighted by Gasteiger charge is -2.08. The molecule has 0 aliphatic heterocycles. The molecule has 0 aromatic heterocycles. The van der Waals surface area contributed by atoms with E-state index in [1.807, 2.05) is 18.2 Å². The van der Waals surface area contributed by atoms with Crippen LogP contribution >= 0.6 is 11.6 Å². The van der Waals surface area contributed by atoms with E-state index in [4.69, 9.17) is 11.6 Å². The fourth-order valence-electron chi connectivity index (χ4n) is 1.84. The summed E-state index contributed by atoms with van der Waals surface area (Å²) >= 11 is 5.92. The van der Waals surface area contributed by atoms with Gasteiger partial charge in [0.1, 0.15) is 0 Å². The molecule has 0 saturated carbocycles. The Labute approximate surface area is 127 Å². The van der Waals surface area contributed by atoms with Crippen molar-refractivity contribution in [2.45, 2.75) is 33.1 Å². The number of hydrogen-bond acceptors (Lipinski definition) is 2. The minimum absolute atomic E-state index is 0.126. The van der Waals surface area contributed by atoms with Gasteiger partial charge < -0.3 is 10.6 Å². The van der Waals surface area contributed by atoms with Crippen LogP contribution < -0.4 is 10.6 Å². The monoisotopic (exact) mass is 296 g/mol. The standard InChI is InChI=1S/C16H25ClN2O/c1-13(2)6-11-19-16(20)8-10-18-9-7-14-4-3-5-15(17)12-14/h3-5,12-13,18H,6-11H2,1-2H3,(H,19,20). The van der Waals surface area contributed by atoms with Crippen molar-refractivity contribution in [1.82, 2.24) is 10.6 Å². The van der Waals surface area contributed by atoms with Gasteiger partial charge in [0, 0.05) is 24.5 Å². The van der Waals surface area contributed by atoms with Gasteiger partial charge in [-0.15, -0.1) is 0 Å². The topological polar surface area (TPSA) is 41.1 Å². The molecular weight excluding hydrogens is 272 g/mol. The number of amides is 1. The Morgan fingerprint density at radius 1 is 1.25 bits per heavy atom. The highest BCUT2D eigenvalue weighted by molar-refractivity contribution is 6.30. The van der Waals surface area contributed by atoms with Crippen molar-refractivity contribution >= 4 is 17.5 Å². The van der Waals surface area contributed by atoms with E-state index >= 15 is 0 Å². The molecule has 1 amide bonds. The number of hydrogen-bond donors (Lipinski definition) is 2. The summed E-state index contributed by atoms with van der Waals surface area (Å²) in [6, 6.07) is 7.87. The van der Waals surface area contributed by atoms with E-state index in [0.29, 0.717) is 18.9 Å². The van der Waals surface area contributed by atoms with E-state index in [1.54, 1.807) is 0 Å². The zero-order valence-corrected chi connectivity index (χ0v) is 13.2. The van der Waals surface area contributed by atoms with Crippen molar-refractivity contribution in [2.24, 2.45) is 5.92 Å². The molecule has 3 nitrogen and oxygen atoms in total. The molecule has 0 bridgehead atoms. The second-order valence-corrected chi connectivity index (χ2v) is 5.85. The molecule has 0 spiro atoms. The van der Waals surface area contributed by atoms with Crippen LogP contribution in [0.2, 0.25) is 5.02 Å². The molecule has 0 fully saturated rings. The van der Waals surface area contributed by atoms with Crippen molar-refractivity contribution in [1.29, 1.82) is 0 Å². The van der Waals surface area contributed by atoms with Gasteiger partial charge in [-0.2, -0.15) is 0 Å². The van der Waals surface area contributed by atoms with Crippen molar-refractivity contribution in [3.8, 4) is 0 Å². The third-order valence-corrected chi connectivity index (χ3v) is 3.29. The Kier molecular flexibility index (Phi) is 8.31. The van der Waals surface area contributed by atoms with Gasteiger partial charge in [0.25, 0.3) is 0 Å². The van der Waals surface area contributed by atoms with Gasteiger partial charge >= 0.3 is 0 Å². The van der Waals surface area contributed by atoms with E-state index in [0.717, 1.165) is 31.0 Å². The maximum Gasteiger partial charge on any atom is 0.221 e. The average molecular weight is 297 g/mol. The van der Waals surface area contributed by atoms with Crippen LogP contribution in [0.5, 0.6) is 0 Å². The molecular formula is C16H25ClN2O. The third kappa shape index (κ3) is 8.18. The smallest absolute Gasteiger partial charge is 0.221 e. The number of carbonyl (C=O) groups excluding carboxylic acids is 1. The summed E-state index contributed by atoms with van der Waals surface area (Å²) < 4.78 is 0. The zero-order chi connectivity index (χ0) is 14.8. The lowest BCUT2D eigenvalue weighted by molar-refractivity contribution is -0.121. The first-order valence-corrected chi connectivity index (χ1v) is 7.67. The highest BCUT2D eigenvalue weighted by Crippen LogP contribution is 2.10. The van der Waals surface area contributed by atoms with Gasteiger partial charge in [0.05, 0.1) is 0 Å². The first kappa shape index (κ1) is 17.0. The van der Waals surface area contributed by atoms with Gasteiger partial charge in [0.15, 0.2) is 0 Å². The quantitative estimate of drug-likeness (QED) is 0.688. The maximum atomic E-state index is 11.5. The van der Waals surface area contributed by atoms with Crippen LogP contribution in [0, 0.1) is 5.92 Å². The van der Waals surface area contributed by atoms with Gasteiger partial charge in [-0.3, -0.25) is 4.79 Å². The number of nitrogens with one attached hydrogen (secondary N) is 2. The van der Waals surface area contributed by atoms with Gasteiger partial charge in [-0.05, 0) is 43.0 Å². The summed E-state index contributed by atoms with van der Waals surface area (Å²) in [4.78, 5) is 11.5. The van der Waals surface area contributed by atoms with Crippen LogP contribution in [-0.2, 0) is 11.2 Å². The molecule has 0 aliphatic rings. The Balaban J connectivity index is 2.03. The number of rotatable bonds is 9. The molecule has 20 heavy (non-hydrogen) atoms. The summed E-state index contributed by atoms with van der Waals surface area (Å²) in [6.07, 6.45) is 2.50. The average Bonchev–Trinajstić information content (AvgIpc) is 2.38. The summed E-state index contributed by atoms with van der Waals surface area (Å²) in [5, 5.41) is 6.98. The Morgan fingerprint density at radius 3 is 2.75 bits per heavy atom. The molecule has 0 radical (unpaired) electrons. The van der Waals surface area contributed by atoms with E-state index in [1.165, 1.54) is 5.56 Å². The Bertz CT molecular complexity index is 407. The number of halogens is 1. The van der Waals surface area contributed by atoms with Crippen LogP contribution in [0.4, 0.5) is 0 Å². The first-order valence-electron chi connectivity index (χ1n) is 7.30. The van der Waals surface area contributed by atoms with Crippen LogP contribution in [-0.4, -0.2) is 25.5 Å². The predicted molar refractivity (Wildman–Crippen MR) is 85.1 cm³/mol. The molecule has 0 saturated heterocycles. The fraction of sp³-hybridized carbons (Fsp3) is 0.562. The molecule has 0 aliphatic carbocycles. The lowest BCUT2D eigenvalue weighted by atomic mass is 10.1. The maximum absolute atomic E-state index is 11.5. The summed E-state index contributed by atoms with van der Waals surface area (Å²) in [5.74, 6) is 0.757. The van der Waals surface area contributed by atoms with E-state index in [2.05, 4.69) is 30.5 Å². The molecule has 4 heteroatoms. The van der Waals surface area contributed by atoms with Crippen LogP contribution in [0.25, 0.3) is 0 Å². The largest absolute Gasteiger partial charge is 0.356 e. The van der Waals surface area contributed by atoms with E-state index < -0.39 is 0 Å². The van der Waals surface area contributed by atoms with Crippen molar-refractivity contribution in [3.05, 3.63) is 34.9 Å². The van der Waals surface area contributed by atoms with Gasteiger partial charge in [0.2, 0.25) is 5.91 Å². The Hall–Kier alpha value is -1.06. The lowest BCUT2D eigenvalue weighted by Crippen LogP contribution is -2.29. The molecule has 0 unspecified atom stereocenters. The summed E-state index contributed by atoms with van der Waals surface area (Å²) in [6.45, 7) is 6.67. The second kappa shape index (κ2) is 9.78. The minimum Gasteiger partial charge on any atom is -0.356 e. The summed E-state index contributed by atoms with van der Waals surface area (Å²) in [7, 11) is 0. The molecule has 2 N–H and O–H groups in total. The highest BCUT2D eigenvalue weighted by atomic mass is 35.5. The van der Waals surface area contributed by atoms with Gasteiger partial charge in [-0.1, -0.05) is 37.6 Å². The SMILES string of the molecule is CC(C)CCNC(=O)CCNCCc1cccc(Cl)c1. The summed E-state index contributed by atoms with van der Waals surface area (Å²) in [5.41, 5.74) is 1.21. The van der Waals surface area contributed by atoms with E-state index in [-0.39, 0.29) is 5.91 Å². The molecule has 1 aromatic rings. The van der Waals surface area contributed by atoms with E-state index in [9.17, 15) is 4.79 Å². The van der Waals surface area contributed by atoms with Crippen LogP contribution in [0.3, 0.4) is 0 Å². The molecule has 1 rings (SSSR count). The van der Waals surface area contributed by atoms with Crippen molar-refractivity contribution in [2.75, 3.05) is 19.6 Å². The zero-order valence-electron chi connectivity index (χ0n) is 12.4. The highest BCUT2D eigenvalue weighted by Gasteiger charge is 2.01. The minimum atomic E-state index is 0.126. The van der Waals surface area contributed by atoms with Crippen LogP contribution in [0.15, 0.2) is 24.3 Å². The second-order valence-electron chi connectivity index (χ2n) is 5.41. The van der Waals surface area contributed by atoms with Crippen molar-refractivity contribution in [3.63, 3.8) is 0 Å². The molecule has 1 aromatic carbocycles. The number of carbonyl (C=O) groups is 1. The Morgan fingerprint density at radius 2 is 2.05 bits per heavy atom. The normalized spacial score (nSPS) is 10.8. The van der Waals surface area contributed by atoms with Crippen molar-refractivity contribution < 1.29 is 4.79 Å². The first-order chi connectivity index (χ1) is 9.58. The predicted octanol–water partition coefficient (Wildman–Crippen LogP) is 3.02.